The highest BCUT2D eigenvalue weighted by atomic mass is 16.5. The van der Waals surface area contributed by atoms with Crippen LogP contribution in [0.2, 0.25) is 0 Å². The summed E-state index contributed by atoms with van der Waals surface area (Å²) in [7, 11) is 0. The van der Waals surface area contributed by atoms with Crippen molar-refractivity contribution in [2.45, 2.75) is 59.3 Å². The van der Waals surface area contributed by atoms with Crippen molar-refractivity contribution in [3.8, 4) is 5.75 Å². The highest BCUT2D eigenvalue weighted by Gasteiger charge is 2.18. The van der Waals surface area contributed by atoms with Gasteiger partial charge in [-0.1, -0.05) is 38.3 Å². The van der Waals surface area contributed by atoms with Gasteiger partial charge >= 0.3 is 5.97 Å². The molecule has 1 rings (SSSR count). The Hall–Kier alpha value is -1.51. The molecular weight excluding hydrogens is 252 g/mol. The van der Waals surface area contributed by atoms with Crippen LogP contribution in [0.15, 0.2) is 12.1 Å². The number of ether oxygens (including phenoxy) is 1. The molecule has 0 aliphatic heterocycles. The molecule has 0 saturated heterocycles. The summed E-state index contributed by atoms with van der Waals surface area (Å²) in [6.07, 6.45) is 4.40. The molecule has 0 heterocycles. The fourth-order valence-electron chi connectivity index (χ4n) is 2.20. The minimum Gasteiger partial charge on any atom is -0.507 e. The van der Waals surface area contributed by atoms with Crippen LogP contribution < -0.4 is 0 Å². The average molecular weight is 278 g/mol. The molecule has 0 aliphatic carbocycles. The van der Waals surface area contributed by atoms with E-state index < -0.39 is 0 Å². The summed E-state index contributed by atoms with van der Waals surface area (Å²) in [6, 6.07) is 3.71. The Morgan fingerprint density at radius 2 is 1.80 bits per heavy atom. The van der Waals surface area contributed by atoms with Crippen LogP contribution in [-0.4, -0.2) is 17.7 Å². The largest absolute Gasteiger partial charge is 0.507 e. The normalized spacial score (nSPS) is 12.2. The monoisotopic (exact) mass is 278 g/mol. The zero-order valence-corrected chi connectivity index (χ0v) is 13.0. The Morgan fingerprint density at radius 3 is 2.35 bits per heavy atom. The van der Waals surface area contributed by atoms with Gasteiger partial charge in [0.05, 0.1) is 12.5 Å². The molecule has 20 heavy (non-hydrogen) atoms. The molecule has 0 bridgehead atoms. The molecule has 1 aromatic carbocycles. The van der Waals surface area contributed by atoms with Gasteiger partial charge in [-0.3, -0.25) is 4.79 Å². The van der Waals surface area contributed by atoms with Crippen LogP contribution >= 0.6 is 0 Å². The molecule has 3 heteroatoms. The lowest BCUT2D eigenvalue weighted by Crippen LogP contribution is -2.14. The Morgan fingerprint density at radius 1 is 1.20 bits per heavy atom. The van der Waals surface area contributed by atoms with E-state index in [1.54, 1.807) is 0 Å². The lowest BCUT2D eigenvalue weighted by atomic mass is 9.96. The Labute approximate surface area is 122 Å². The number of carbonyl (C=O) groups excluding carboxylic acids is 1. The van der Waals surface area contributed by atoms with E-state index in [0.717, 1.165) is 29.5 Å². The first-order valence-electron chi connectivity index (χ1n) is 7.44. The number of rotatable bonds is 7. The van der Waals surface area contributed by atoms with Crippen molar-refractivity contribution in [2.24, 2.45) is 0 Å². The second-order valence-corrected chi connectivity index (χ2v) is 5.45. The molecular formula is C17H26O3. The van der Waals surface area contributed by atoms with Gasteiger partial charge in [-0.2, -0.15) is 0 Å². The number of carbonyl (C=O) groups is 1. The van der Waals surface area contributed by atoms with Crippen LogP contribution in [0.25, 0.3) is 0 Å². The average Bonchev–Trinajstić information content (AvgIpc) is 2.43. The van der Waals surface area contributed by atoms with Crippen LogP contribution in [0.1, 0.15) is 62.1 Å². The molecule has 0 aromatic heterocycles. The lowest BCUT2D eigenvalue weighted by Gasteiger charge is -2.14. The molecule has 1 aromatic rings. The molecule has 0 saturated carbocycles. The molecule has 112 valence electrons. The number of esters is 1. The summed E-state index contributed by atoms with van der Waals surface area (Å²) in [5, 5.41) is 9.76. The number of hydrogen-bond donors (Lipinski definition) is 1. The Kier molecular flexibility index (Phi) is 6.56. The molecule has 0 aliphatic rings. The number of aryl methyl sites for hydroxylation is 2. The zero-order chi connectivity index (χ0) is 15.1. The van der Waals surface area contributed by atoms with Gasteiger partial charge in [0.2, 0.25) is 0 Å². The van der Waals surface area contributed by atoms with Crippen LogP contribution in [0, 0.1) is 13.8 Å². The van der Waals surface area contributed by atoms with Gasteiger partial charge in [0.1, 0.15) is 5.75 Å². The van der Waals surface area contributed by atoms with Gasteiger partial charge in [0.15, 0.2) is 0 Å². The highest BCUT2D eigenvalue weighted by molar-refractivity contribution is 5.78. The fraction of sp³-hybridized carbons (Fsp3) is 0.588. The van der Waals surface area contributed by atoms with E-state index in [-0.39, 0.29) is 11.9 Å². The summed E-state index contributed by atoms with van der Waals surface area (Å²) in [5.74, 6) is -0.181. The second-order valence-electron chi connectivity index (χ2n) is 5.45. The number of phenols is 1. The first kappa shape index (κ1) is 16.5. The Bertz CT molecular complexity index is 429. The maximum atomic E-state index is 12.0. The van der Waals surface area contributed by atoms with Crippen LogP contribution in [-0.2, 0) is 9.53 Å². The number of unbranched alkanes of at least 4 members (excludes halogenated alkanes) is 3. The van der Waals surface area contributed by atoms with Gasteiger partial charge in [-0.25, -0.2) is 0 Å². The minimum atomic E-state index is -0.292. The zero-order valence-electron chi connectivity index (χ0n) is 13.0. The van der Waals surface area contributed by atoms with E-state index in [2.05, 4.69) is 6.92 Å². The SMILES string of the molecule is CCCCCCOC(=O)C(C)c1cc(C)c(O)c(C)c1. The maximum absolute atomic E-state index is 12.0. The van der Waals surface area contributed by atoms with E-state index in [4.69, 9.17) is 4.74 Å². The summed E-state index contributed by atoms with van der Waals surface area (Å²) in [6.45, 7) is 8.19. The lowest BCUT2D eigenvalue weighted by molar-refractivity contribution is -0.145. The first-order valence-corrected chi connectivity index (χ1v) is 7.44. The number of aromatic hydroxyl groups is 1. The first-order chi connectivity index (χ1) is 9.47. The Balaban J connectivity index is 2.56. The second kappa shape index (κ2) is 7.93. The molecule has 0 spiro atoms. The minimum absolute atomic E-state index is 0.189. The standard InChI is InChI=1S/C17H26O3/c1-5-6-7-8-9-20-17(19)14(4)15-10-12(2)16(18)13(3)11-15/h10-11,14,18H,5-9H2,1-4H3. The quantitative estimate of drug-likeness (QED) is 0.599. The molecule has 0 fully saturated rings. The van der Waals surface area contributed by atoms with Crippen molar-refractivity contribution in [1.29, 1.82) is 0 Å². The fourth-order valence-corrected chi connectivity index (χ4v) is 2.20. The van der Waals surface area contributed by atoms with Crippen molar-refractivity contribution < 1.29 is 14.6 Å². The van der Waals surface area contributed by atoms with Crippen molar-refractivity contribution in [2.75, 3.05) is 6.61 Å². The number of phenolic OH excluding ortho intramolecular Hbond substituents is 1. The third-order valence-electron chi connectivity index (χ3n) is 3.61. The molecule has 3 nitrogen and oxygen atoms in total. The molecule has 1 N–H and O–H groups in total. The third-order valence-corrected chi connectivity index (χ3v) is 3.61. The third kappa shape index (κ3) is 4.55. The van der Waals surface area contributed by atoms with Gasteiger partial charge < -0.3 is 9.84 Å². The summed E-state index contributed by atoms with van der Waals surface area (Å²) in [4.78, 5) is 12.0. The number of hydrogen-bond acceptors (Lipinski definition) is 3. The molecule has 1 atom stereocenters. The van der Waals surface area contributed by atoms with Gasteiger partial charge in [0.25, 0.3) is 0 Å². The van der Waals surface area contributed by atoms with E-state index >= 15 is 0 Å². The van der Waals surface area contributed by atoms with E-state index in [0.29, 0.717) is 12.4 Å². The predicted octanol–water partition coefficient (Wildman–Crippen LogP) is 4.24. The smallest absolute Gasteiger partial charge is 0.313 e. The summed E-state index contributed by atoms with van der Waals surface area (Å²) in [5.41, 5.74) is 2.49. The van der Waals surface area contributed by atoms with Crippen LogP contribution in [0.4, 0.5) is 0 Å². The van der Waals surface area contributed by atoms with E-state index in [1.165, 1.54) is 12.8 Å². The van der Waals surface area contributed by atoms with Crippen LogP contribution in [0.5, 0.6) is 5.75 Å². The maximum Gasteiger partial charge on any atom is 0.313 e. The van der Waals surface area contributed by atoms with Gasteiger partial charge in [-0.15, -0.1) is 0 Å². The van der Waals surface area contributed by atoms with Crippen molar-refractivity contribution in [3.63, 3.8) is 0 Å². The molecule has 0 radical (unpaired) electrons. The summed E-state index contributed by atoms with van der Waals surface area (Å²) >= 11 is 0. The van der Waals surface area contributed by atoms with E-state index in [1.807, 2.05) is 32.9 Å². The van der Waals surface area contributed by atoms with Gasteiger partial charge in [0, 0.05) is 0 Å². The topological polar surface area (TPSA) is 46.5 Å². The molecule has 1 unspecified atom stereocenters. The van der Waals surface area contributed by atoms with Crippen LogP contribution in [0.3, 0.4) is 0 Å². The van der Waals surface area contributed by atoms with Gasteiger partial charge in [-0.05, 0) is 43.9 Å². The van der Waals surface area contributed by atoms with Crippen molar-refractivity contribution in [1.82, 2.24) is 0 Å². The highest BCUT2D eigenvalue weighted by Crippen LogP contribution is 2.27. The number of benzene rings is 1. The predicted molar refractivity (Wildman–Crippen MR) is 81.1 cm³/mol. The molecule has 0 amide bonds. The van der Waals surface area contributed by atoms with Crippen molar-refractivity contribution >= 4 is 5.97 Å². The van der Waals surface area contributed by atoms with E-state index in [9.17, 15) is 9.90 Å². The van der Waals surface area contributed by atoms with Crippen molar-refractivity contribution in [3.05, 3.63) is 28.8 Å². The summed E-state index contributed by atoms with van der Waals surface area (Å²) < 4.78 is 5.31.